The van der Waals surface area contributed by atoms with Crippen molar-refractivity contribution in [3.05, 3.63) is 113 Å². The van der Waals surface area contributed by atoms with Crippen LogP contribution in [0.2, 0.25) is 0 Å². The number of rotatable bonds is 10. The Morgan fingerprint density at radius 2 is 1.62 bits per heavy atom. The molecule has 2 amide bonds. The monoisotopic (exact) mass is 599 g/mol. The lowest BCUT2D eigenvalue weighted by Gasteiger charge is -2.27. The van der Waals surface area contributed by atoms with Crippen LogP contribution in [0.25, 0.3) is 11.1 Å². The fraction of sp³-hybridized carbons (Fsp3) is 0.172. The molecule has 0 fully saturated rings. The molecule has 0 unspecified atom stereocenters. The normalized spacial score (nSPS) is 17.5. The second-order valence-corrected chi connectivity index (χ2v) is 12.6. The van der Waals surface area contributed by atoms with Crippen LogP contribution in [0.5, 0.6) is 0 Å². The number of aliphatic carboxylic acids is 1. The molecule has 40 heavy (non-hydrogen) atoms. The number of allylic oxidation sites excluding steroid dienone is 3. The van der Waals surface area contributed by atoms with Gasteiger partial charge in [0, 0.05) is 23.7 Å². The molecule has 1 aliphatic rings. The standard InChI is InChI=1S/C29H27Cl2N3O5S/c30-24-12-6-14-29(31,18-24)40(38,39)34-26(27(35)36)16-21-9-4-10-22(15-21)23-11-5-13-25(17-23)33-28(37)32-19-20-7-2-1-3-8-20/h1-15,17,26,34H,16,18-19H2,(H,35,36)(H2,32,33,37)/t26-,29+/m1/s1. The first-order chi connectivity index (χ1) is 19.0. The lowest BCUT2D eigenvalue weighted by atomic mass is 9.99. The summed E-state index contributed by atoms with van der Waals surface area (Å²) in [6.07, 6.45) is 3.92. The molecule has 0 saturated carbocycles. The molecule has 4 rings (SSSR count). The van der Waals surface area contributed by atoms with E-state index in [1.165, 1.54) is 18.2 Å². The van der Waals surface area contributed by atoms with Gasteiger partial charge in [0.1, 0.15) is 6.04 Å². The van der Waals surface area contributed by atoms with Crippen molar-refractivity contribution in [1.82, 2.24) is 10.0 Å². The van der Waals surface area contributed by atoms with Crippen LogP contribution >= 0.6 is 23.2 Å². The van der Waals surface area contributed by atoms with Crippen molar-refractivity contribution < 1.29 is 23.1 Å². The number of halogens is 2. The minimum absolute atomic E-state index is 0.123. The average Bonchev–Trinajstić information content (AvgIpc) is 2.92. The molecule has 1 aliphatic carbocycles. The molecule has 0 bridgehead atoms. The van der Waals surface area contributed by atoms with Crippen molar-refractivity contribution in [2.45, 2.75) is 29.6 Å². The van der Waals surface area contributed by atoms with E-state index in [1.54, 1.807) is 36.4 Å². The maximum absolute atomic E-state index is 13.0. The molecule has 11 heteroatoms. The van der Waals surface area contributed by atoms with Crippen LogP contribution in [-0.2, 0) is 27.8 Å². The maximum Gasteiger partial charge on any atom is 0.322 e. The van der Waals surface area contributed by atoms with Crippen LogP contribution in [0.1, 0.15) is 17.5 Å². The van der Waals surface area contributed by atoms with Crippen molar-refractivity contribution in [3.8, 4) is 11.1 Å². The second kappa shape index (κ2) is 12.7. The van der Waals surface area contributed by atoms with Gasteiger partial charge in [-0.2, -0.15) is 4.72 Å². The summed E-state index contributed by atoms with van der Waals surface area (Å²) in [6, 6.07) is 22.0. The van der Waals surface area contributed by atoms with Gasteiger partial charge in [0.25, 0.3) is 0 Å². The first kappa shape index (κ1) is 29.4. The van der Waals surface area contributed by atoms with E-state index in [9.17, 15) is 23.1 Å². The van der Waals surface area contributed by atoms with Crippen LogP contribution in [0.3, 0.4) is 0 Å². The van der Waals surface area contributed by atoms with E-state index < -0.39 is 26.2 Å². The summed E-state index contributed by atoms with van der Waals surface area (Å²) in [7, 11) is -4.31. The summed E-state index contributed by atoms with van der Waals surface area (Å²) in [5.74, 6) is -1.34. The quantitative estimate of drug-likeness (QED) is 0.225. The number of sulfonamides is 1. The molecule has 4 N–H and O–H groups in total. The van der Waals surface area contributed by atoms with Crippen molar-refractivity contribution in [3.63, 3.8) is 0 Å². The lowest BCUT2D eigenvalue weighted by molar-refractivity contribution is -0.138. The molecular weight excluding hydrogens is 573 g/mol. The Kier molecular flexibility index (Phi) is 9.32. The molecule has 0 radical (unpaired) electrons. The first-order valence-electron chi connectivity index (χ1n) is 12.3. The second-order valence-electron chi connectivity index (χ2n) is 9.23. The Balaban J connectivity index is 1.45. The summed E-state index contributed by atoms with van der Waals surface area (Å²) < 4.78 is 26.4. The summed E-state index contributed by atoms with van der Waals surface area (Å²) in [4.78, 5) is 24.4. The fourth-order valence-corrected chi connectivity index (χ4v) is 6.28. The number of hydrogen-bond donors (Lipinski definition) is 4. The van der Waals surface area contributed by atoms with Gasteiger partial charge in [-0.15, -0.1) is 0 Å². The summed E-state index contributed by atoms with van der Waals surface area (Å²) in [5.41, 5.74) is 3.68. The Labute approximate surface area is 242 Å². The Morgan fingerprint density at radius 3 is 2.33 bits per heavy atom. The third-order valence-corrected chi connectivity index (χ3v) is 9.09. The molecule has 3 aromatic rings. The molecule has 3 aromatic carbocycles. The molecular formula is C29H27Cl2N3O5S. The number of hydrogen-bond acceptors (Lipinski definition) is 4. The molecule has 0 heterocycles. The number of anilines is 1. The maximum atomic E-state index is 13.0. The topological polar surface area (TPSA) is 125 Å². The zero-order valence-electron chi connectivity index (χ0n) is 21.2. The smallest absolute Gasteiger partial charge is 0.322 e. The molecule has 0 spiro atoms. The number of alkyl halides is 1. The van der Waals surface area contributed by atoms with Crippen molar-refractivity contribution in [2.24, 2.45) is 0 Å². The minimum atomic E-state index is -4.31. The first-order valence-corrected chi connectivity index (χ1v) is 14.5. The molecule has 0 aliphatic heterocycles. The van der Waals surface area contributed by atoms with E-state index in [-0.39, 0.29) is 23.9 Å². The Morgan fingerprint density at radius 1 is 0.950 bits per heavy atom. The number of carbonyl (C=O) groups is 2. The summed E-state index contributed by atoms with van der Waals surface area (Å²) in [5, 5.41) is 15.6. The van der Waals surface area contributed by atoms with E-state index >= 15 is 0 Å². The van der Waals surface area contributed by atoms with E-state index in [1.807, 2.05) is 42.5 Å². The van der Waals surface area contributed by atoms with Gasteiger partial charge in [-0.3, -0.25) is 4.79 Å². The van der Waals surface area contributed by atoms with Gasteiger partial charge in [-0.25, -0.2) is 13.2 Å². The third-order valence-electron chi connectivity index (χ3n) is 6.19. The largest absolute Gasteiger partial charge is 0.480 e. The number of carboxylic acid groups (broad SMARTS) is 1. The highest BCUT2D eigenvalue weighted by Crippen LogP contribution is 2.36. The van der Waals surface area contributed by atoms with Crippen LogP contribution in [-0.4, -0.2) is 35.8 Å². The minimum Gasteiger partial charge on any atom is -0.480 e. The predicted octanol–water partition coefficient (Wildman–Crippen LogP) is 5.61. The van der Waals surface area contributed by atoms with Crippen molar-refractivity contribution in [2.75, 3.05) is 5.32 Å². The zero-order valence-corrected chi connectivity index (χ0v) is 23.5. The Hall–Kier alpha value is -3.63. The number of nitrogens with one attached hydrogen (secondary N) is 3. The number of carboxylic acids is 1. The van der Waals surface area contributed by atoms with E-state index in [4.69, 9.17) is 23.2 Å². The highest BCUT2D eigenvalue weighted by molar-refractivity contribution is 7.92. The number of amides is 2. The van der Waals surface area contributed by atoms with Gasteiger partial charge in [0.15, 0.2) is 4.21 Å². The van der Waals surface area contributed by atoms with Crippen molar-refractivity contribution >= 4 is 50.9 Å². The van der Waals surface area contributed by atoms with Gasteiger partial charge < -0.3 is 15.7 Å². The van der Waals surface area contributed by atoms with E-state index in [0.717, 1.165) is 16.7 Å². The zero-order chi connectivity index (χ0) is 28.8. The SMILES string of the molecule is O=C(NCc1ccccc1)Nc1cccc(-c2cccc(C[C@@H](NS(=O)(=O)[C@@]3(Cl)C=CC=C(Cl)C3)C(=O)O)c2)c1. The Bertz CT molecular complexity index is 1560. The molecule has 0 saturated heterocycles. The average molecular weight is 601 g/mol. The van der Waals surface area contributed by atoms with Gasteiger partial charge in [0.05, 0.1) is 0 Å². The van der Waals surface area contributed by atoms with Crippen LogP contribution in [0.4, 0.5) is 10.5 Å². The lowest BCUT2D eigenvalue weighted by Crippen LogP contribution is -2.49. The molecule has 0 aromatic heterocycles. The van der Waals surface area contributed by atoms with Crippen LogP contribution < -0.4 is 15.4 Å². The third kappa shape index (κ3) is 7.51. The van der Waals surface area contributed by atoms with E-state index in [0.29, 0.717) is 17.8 Å². The highest BCUT2D eigenvalue weighted by atomic mass is 35.5. The predicted molar refractivity (Wildman–Crippen MR) is 158 cm³/mol. The van der Waals surface area contributed by atoms with Crippen LogP contribution in [0, 0.1) is 0 Å². The van der Waals surface area contributed by atoms with Gasteiger partial charge in [0.2, 0.25) is 10.0 Å². The molecule has 208 valence electrons. The number of benzene rings is 3. The number of carbonyl (C=O) groups excluding carboxylic acids is 1. The molecule has 8 nitrogen and oxygen atoms in total. The van der Waals surface area contributed by atoms with Crippen molar-refractivity contribution in [1.29, 1.82) is 0 Å². The fourth-order valence-electron chi connectivity index (χ4n) is 4.14. The number of urea groups is 1. The highest BCUT2D eigenvalue weighted by Gasteiger charge is 2.43. The van der Waals surface area contributed by atoms with Gasteiger partial charge in [-0.1, -0.05) is 96.0 Å². The summed E-state index contributed by atoms with van der Waals surface area (Å²) >= 11 is 12.3. The van der Waals surface area contributed by atoms with Crippen LogP contribution in [0.15, 0.2) is 102 Å². The molecule has 2 atom stereocenters. The van der Waals surface area contributed by atoms with E-state index in [2.05, 4.69) is 15.4 Å². The van der Waals surface area contributed by atoms with Gasteiger partial charge >= 0.3 is 12.0 Å². The van der Waals surface area contributed by atoms with Gasteiger partial charge in [-0.05, 0) is 53.0 Å². The summed E-state index contributed by atoms with van der Waals surface area (Å²) in [6.45, 7) is 0.383.